The number of nitrogens with zero attached hydrogens (tertiary/aromatic N) is 2. The average Bonchev–Trinajstić information content (AvgIpc) is 2.68. The second kappa shape index (κ2) is 5.52. The van der Waals surface area contributed by atoms with Crippen molar-refractivity contribution in [3.05, 3.63) is 28.4 Å². The van der Waals surface area contributed by atoms with Gasteiger partial charge in [-0.25, -0.2) is 4.68 Å². The van der Waals surface area contributed by atoms with Crippen LogP contribution in [0.1, 0.15) is 12.6 Å². The molecule has 0 aliphatic carbocycles. The molecule has 2 aromatic rings. The van der Waals surface area contributed by atoms with E-state index in [0.717, 1.165) is 15.9 Å². The first-order valence-electron chi connectivity index (χ1n) is 5.91. The molecule has 5 nitrogen and oxygen atoms in total. The van der Waals surface area contributed by atoms with Gasteiger partial charge in [-0.15, -0.1) is 0 Å². The first-order chi connectivity index (χ1) is 9.06. The third-order valence-electron chi connectivity index (χ3n) is 2.77. The lowest BCUT2D eigenvalue weighted by atomic mass is 10.3. The van der Waals surface area contributed by atoms with Crippen molar-refractivity contribution in [3.63, 3.8) is 0 Å². The SMILES string of the molecule is CCn1nc(C)c(N)c1Oc1ccc(OC)cc1Br. The van der Waals surface area contributed by atoms with E-state index in [2.05, 4.69) is 21.0 Å². The highest BCUT2D eigenvalue weighted by molar-refractivity contribution is 9.10. The smallest absolute Gasteiger partial charge is 0.241 e. The number of ether oxygens (including phenoxy) is 2. The summed E-state index contributed by atoms with van der Waals surface area (Å²) in [4.78, 5) is 0. The van der Waals surface area contributed by atoms with Crippen LogP contribution in [0.2, 0.25) is 0 Å². The molecule has 0 fully saturated rings. The summed E-state index contributed by atoms with van der Waals surface area (Å²) in [6, 6.07) is 5.49. The van der Waals surface area contributed by atoms with Crippen molar-refractivity contribution in [3.8, 4) is 17.4 Å². The Kier molecular flexibility index (Phi) is 3.99. The van der Waals surface area contributed by atoms with Crippen LogP contribution in [0.3, 0.4) is 0 Å². The summed E-state index contributed by atoms with van der Waals surface area (Å²) in [7, 11) is 1.62. The standard InChI is InChI=1S/C13H16BrN3O2/c1-4-17-13(12(15)8(2)16-17)19-11-6-5-9(18-3)7-10(11)14/h5-7H,4,15H2,1-3H3. The number of aromatic nitrogens is 2. The summed E-state index contributed by atoms with van der Waals surface area (Å²) in [5.41, 5.74) is 7.31. The van der Waals surface area contributed by atoms with E-state index in [1.165, 1.54) is 0 Å². The van der Waals surface area contributed by atoms with E-state index in [9.17, 15) is 0 Å². The maximum Gasteiger partial charge on any atom is 0.241 e. The Morgan fingerprint density at radius 1 is 1.42 bits per heavy atom. The van der Waals surface area contributed by atoms with Crippen molar-refractivity contribution in [1.29, 1.82) is 0 Å². The van der Waals surface area contributed by atoms with Crippen LogP contribution in [0.15, 0.2) is 22.7 Å². The molecule has 102 valence electrons. The maximum absolute atomic E-state index is 5.98. The molecule has 0 aliphatic heterocycles. The second-order valence-corrected chi connectivity index (χ2v) is 4.87. The number of aryl methyl sites for hydroxylation is 2. The summed E-state index contributed by atoms with van der Waals surface area (Å²) in [6.45, 7) is 4.54. The van der Waals surface area contributed by atoms with Crippen molar-refractivity contribution < 1.29 is 9.47 Å². The Hall–Kier alpha value is -1.69. The predicted octanol–water partition coefficient (Wildman–Crippen LogP) is 3.36. The maximum atomic E-state index is 5.98. The van der Waals surface area contributed by atoms with E-state index >= 15 is 0 Å². The van der Waals surface area contributed by atoms with Gasteiger partial charge in [0.1, 0.15) is 17.2 Å². The Balaban J connectivity index is 2.36. The number of rotatable bonds is 4. The molecule has 19 heavy (non-hydrogen) atoms. The molecule has 0 aliphatic rings. The number of nitrogen functional groups attached to an aromatic ring is 1. The molecule has 0 atom stereocenters. The average molecular weight is 326 g/mol. The van der Waals surface area contributed by atoms with Gasteiger partial charge in [0.25, 0.3) is 0 Å². The molecule has 2 N–H and O–H groups in total. The molecule has 0 radical (unpaired) electrons. The number of nitrogens with two attached hydrogens (primary N) is 1. The fourth-order valence-corrected chi connectivity index (χ4v) is 2.13. The van der Waals surface area contributed by atoms with Gasteiger partial charge in [-0.2, -0.15) is 5.10 Å². The van der Waals surface area contributed by atoms with Crippen LogP contribution in [0.5, 0.6) is 17.4 Å². The molecule has 1 aromatic carbocycles. The zero-order valence-electron chi connectivity index (χ0n) is 11.1. The monoisotopic (exact) mass is 325 g/mol. The molecule has 6 heteroatoms. The Bertz CT molecular complexity index is 596. The highest BCUT2D eigenvalue weighted by Crippen LogP contribution is 2.35. The van der Waals surface area contributed by atoms with E-state index in [0.29, 0.717) is 23.9 Å². The third kappa shape index (κ3) is 2.68. The highest BCUT2D eigenvalue weighted by Gasteiger charge is 2.15. The zero-order chi connectivity index (χ0) is 14.0. The van der Waals surface area contributed by atoms with E-state index in [-0.39, 0.29) is 0 Å². The van der Waals surface area contributed by atoms with Crippen LogP contribution in [0.25, 0.3) is 0 Å². The van der Waals surface area contributed by atoms with Gasteiger partial charge < -0.3 is 15.2 Å². The zero-order valence-corrected chi connectivity index (χ0v) is 12.7. The molecule has 0 unspecified atom stereocenters. The second-order valence-electron chi connectivity index (χ2n) is 4.02. The summed E-state index contributed by atoms with van der Waals surface area (Å²) in [6.07, 6.45) is 0. The van der Waals surface area contributed by atoms with E-state index in [4.69, 9.17) is 15.2 Å². The lowest BCUT2D eigenvalue weighted by Gasteiger charge is -2.10. The molecule has 0 saturated heterocycles. The quantitative estimate of drug-likeness (QED) is 0.936. The number of methoxy groups -OCH3 is 1. The van der Waals surface area contributed by atoms with Gasteiger partial charge in [0.05, 0.1) is 17.3 Å². The van der Waals surface area contributed by atoms with Crippen LogP contribution >= 0.6 is 15.9 Å². The molecule has 2 rings (SSSR count). The first-order valence-corrected chi connectivity index (χ1v) is 6.70. The third-order valence-corrected chi connectivity index (χ3v) is 3.39. The molecular weight excluding hydrogens is 310 g/mol. The molecule has 1 aromatic heterocycles. The summed E-state index contributed by atoms with van der Waals surface area (Å²) in [5.74, 6) is 1.99. The van der Waals surface area contributed by atoms with Gasteiger partial charge in [-0.3, -0.25) is 0 Å². The van der Waals surface area contributed by atoms with Crippen LogP contribution in [-0.4, -0.2) is 16.9 Å². The number of hydrogen-bond donors (Lipinski definition) is 1. The number of benzene rings is 1. The van der Waals surface area contributed by atoms with E-state index in [1.807, 2.05) is 32.0 Å². The van der Waals surface area contributed by atoms with Crippen LogP contribution < -0.4 is 15.2 Å². The van der Waals surface area contributed by atoms with Gasteiger partial charge in [-0.1, -0.05) is 0 Å². The molecule has 0 spiro atoms. The van der Waals surface area contributed by atoms with Crippen LogP contribution in [0.4, 0.5) is 5.69 Å². The Morgan fingerprint density at radius 2 is 2.16 bits per heavy atom. The van der Waals surface area contributed by atoms with Gasteiger partial charge in [0.15, 0.2) is 0 Å². The van der Waals surface area contributed by atoms with E-state index in [1.54, 1.807) is 11.8 Å². The van der Waals surface area contributed by atoms with Crippen molar-refractivity contribution in [2.45, 2.75) is 20.4 Å². The topological polar surface area (TPSA) is 62.3 Å². The fourth-order valence-electron chi connectivity index (χ4n) is 1.69. The lowest BCUT2D eigenvalue weighted by Crippen LogP contribution is -2.01. The van der Waals surface area contributed by atoms with Crippen molar-refractivity contribution >= 4 is 21.6 Å². The van der Waals surface area contributed by atoms with Crippen LogP contribution in [0, 0.1) is 6.92 Å². The van der Waals surface area contributed by atoms with Crippen molar-refractivity contribution in [2.24, 2.45) is 0 Å². The molecule has 0 bridgehead atoms. The Labute approximate surface area is 120 Å². The van der Waals surface area contributed by atoms with Crippen molar-refractivity contribution in [1.82, 2.24) is 9.78 Å². The van der Waals surface area contributed by atoms with Gasteiger partial charge in [0, 0.05) is 6.54 Å². The summed E-state index contributed by atoms with van der Waals surface area (Å²) >= 11 is 3.45. The number of hydrogen-bond acceptors (Lipinski definition) is 4. The number of anilines is 1. The van der Waals surface area contributed by atoms with Crippen molar-refractivity contribution in [2.75, 3.05) is 12.8 Å². The van der Waals surface area contributed by atoms with Gasteiger partial charge >= 0.3 is 0 Å². The summed E-state index contributed by atoms with van der Waals surface area (Å²) < 4.78 is 13.5. The molecule has 0 saturated carbocycles. The summed E-state index contributed by atoms with van der Waals surface area (Å²) in [5, 5.41) is 4.31. The minimum atomic E-state index is 0.560. The highest BCUT2D eigenvalue weighted by atomic mass is 79.9. The van der Waals surface area contributed by atoms with E-state index < -0.39 is 0 Å². The van der Waals surface area contributed by atoms with Gasteiger partial charge in [0.2, 0.25) is 5.88 Å². The Morgan fingerprint density at radius 3 is 2.74 bits per heavy atom. The van der Waals surface area contributed by atoms with Crippen LogP contribution in [-0.2, 0) is 6.54 Å². The number of halogens is 1. The predicted molar refractivity (Wildman–Crippen MR) is 77.8 cm³/mol. The molecule has 1 heterocycles. The fraction of sp³-hybridized carbons (Fsp3) is 0.308. The minimum Gasteiger partial charge on any atom is -0.497 e. The molecular formula is C13H16BrN3O2. The largest absolute Gasteiger partial charge is 0.497 e. The normalized spacial score (nSPS) is 10.5. The first kappa shape index (κ1) is 13.7. The minimum absolute atomic E-state index is 0.560. The molecule has 0 amide bonds. The lowest BCUT2D eigenvalue weighted by molar-refractivity contribution is 0.404. The van der Waals surface area contributed by atoms with Gasteiger partial charge in [-0.05, 0) is 48.0 Å².